The first-order valence-corrected chi connectivity index (χ1v) is 9.30. The van der Waals surface area contributed by atoms with E-state index in [-0.39, 0.29) is 48.5 Å². The molecule has 1 aliphatic carbocycles. The van der Waals surface area contributed by atoms with Gasteiger partial charge in [-0.25, -0.2) is 0 Å². The van der Waals surface area contributed by atoms with Crippen LogP contribution in [0.25, 0.3) is 0 Å². The van der Waals surface area contributed by atoms with Crippen LogP contribution in [0.1, 0.15) is 45.5 Å². The van der Waals surface area contributed by atoms with E-state index in [1.165, 1.54) is 0 Å². The van der Waals surface area contributed by atoms with Gasteiger partial charge in [-0.2, -0.15) is 0 Å². The number of hydrogen-bond acceptors (Lipinski definition) is 6. The van der Waals surface area contributed by atoms with Gasteiger partial charge in [0, 0.05) is 6.42 Å². The van der Waals surface area contributed by atoms with E-state index in [1.54, 1.807) is 25.3 Å². The zero-order valence-corrected chi connectivity index (χ0v) is 15.8. The van der Waals surface area contributed by atoms with Crippen molar-refractivity contribution < 1.29 is 28.7 Å². The number of carbonyl (C=O) groups excluding carboxylic acids is 4. The highest BCUT2D eigenvalue weighted by molar-refractivity contribution is 6.24. The topological polar surface area (TPSA) is 90.0 Å². The SMILES string of the molecule is COc1cccc(COc2cccc3c2C(=O)N(C2CCC(=O)CC2=O)C3=O)c1. The number of Topliss-reactive ketones (excluding diaryl/α,β-unsaturated/α-hetero) is 2. The van der Waals surface area contributed by atoms with E-state index >= 15 is 0 Å². The first kappa shape index (κ1) is 18.9. The maximum atomic E-state index is 13.0. The van der Waals surface area contributed by atoms with Crippen molar-refractivity contribution >= 4 is 23.4 Å². The smallest absolute Gasteiger partial charge is 0.266 e. The molecule has 148 valence electrons. The normalized spacial score (nSPS) is 18.8. The van der Waals surface area contributed by atoms with E-state index < -0.39 is 23.6 Å². The Morgan fingerprint density at radius 3 is 2.59 bits per heavy atom. The van der Waals surface area contributed by atoms with E-state index in [9.17, 15) is 19.2 Å². The number of benzene rings is 2. The molecule has 0 bridgehead atoms. The Morgan fingerprint density at radius 1 is 1.03 bits per heavy atom. The van der Waals surface area contributed by atoms with Crippen molar-refractivity contribution in [3.05, 3.63) is 59.2 Å². The van der Waals surface area contributed by atoms with Gasteiger partial charge in [-0.15, -0.1) is 0 Å². The Morgan fingerprint density at radius 2 is 1.83 bits per heavy atom. The van der Waals surface area contributed by atoms with E-state index in [0.29, 0.717) is 5.75 Å². The van der Waals surface area contributed by atoms with E-state index in [2.05, 4.69) is 0 Å². The van der Waals surface area contributed by atoms with Gasteiger partial charge in [0.05, 0.1) is 30.7 Å². The van der Waals surface area contributed by atoms with Crippen LogP contribution >= 0.6 is 0 Å². The first-order chi connectivity index (χ1) is 14.0. The zero-order chi connectivity index (χ0) is 20.5. The number of ketones is 2. The summed E-state index contributed by atoms with van der Waals surface area (Å²) >= 11 is 0. The second-order valence-corrected chi connectivity index (χ2v) is 7.04. The summed E-state index contributed by atoms with van der Waals surface area (Å²) in [6.07, 6.45) is 0.114. The molecule has 2 aromatic rings. The molecule has 1 saturated carbocycles. The minimum absolute atomic E-state index is 0.157. The second-order valence-electron chi connectivity index (χ2n) is 7.04. The number of fused-ring (bicyclic) bond motifs is 1. The van der Waals surface area contributed by atoms with Crippen LogP contribution in [0.15, 0.2) is 42.5 Å². The third kappa shape index (κ3) is 3.40. The lowest BCUT2D eigenvalue weighted by atomic mass is 9.92. The summed E-state index contributed by atoms with van der Waals surface area (Å²) < 4.78 is 11.0. The predicted octanol–water partition coefficient (Wildman–Crippen LogP) is 2.56. The van der Waals surface area contributed by atoms with Crippen LogP contribution < -0.4 is 9.47 Å². The van der Waals surface area contributed by atoms with Crippen molar-refractivity contribution in [2.24, 2.45) is 0 Å². The number of nitrogens with zero attached hydrogens (tertiary/aromatic N) is 1. The molecule has 1 aliphatic heterocycles. The van der Waals surface area contributed by atoms with Gasteiger partial charge in [-0.05, 0) is 36.2 Å². The highest BCUT2D eigenvalue weighted by atomic mass is 16.5. The minimum atomic E-state index is -0.897. The van der Waals surface area contributed by atoms with Crippen LogP contribution in [0, 0.1) is 0 Å². The summed E-state index contributed by atoms with van der Waals surface area (Å²) in [6, 6.07) is 11.2. The number of carbonyl (C=O) groups is 4. The molecule has 1 atom stereocenters. The molecule has 0 N–H and O–H groups in total. The highest BCUT2D eigenvalue weighted by Gasteiger charge is 2.45. The molecule has 0 radical (unpaired) electrons. The summed E-state index contributed by atoms with van der Waals surface area (Å²) in [5.41, 5.74) is 1.21. The molecule has 4 rings (SSSR count). The molecule has 29 heavy (non-hydrogen) atoms. The molecule has 2 aliphatic rings. The van der Waals surface area contributed by atoms with Crippen LogP contribution in [0.3, 0.4) is 0 Å². The molecule has 1 heterocycles. The largest absolute Gasteiger partial charge is 0.497 e. The summed E-state index contributed by atoms with van der Waals surface area (Å²) in [7, 11) is 1.57. The third-order valence-corrected chi connectivity index (χ3v) is 5.19. The molecule has 7 nitrogen and oxygen atoms in total. The lowest BCUT2D eigenvalue weighted by Gasteiger charge is -2.27. The Hall–Kier alpha value is -3.48. The van der Waals surface area contributed by atoms with Crippen LogP contribution in [-0.4, -0.2) is 41.4 Å². The van der Waals surface area contributed by atoms with Gasteiger partial charge in [0.2, 0.25) is 0 Å². The lowest BCUT2D eigenvalue weighted by Crippen LogP contribution is -2.47. The Kier molecular flexibility index (Phi) is 4.88. The number of ether oxygens (including phenoxy) is 2. The Bertz CT molecular complexity index is 1030. The highest BCUT2D eigenvalue weighted by Crippen LogP contribution is 2.34. The number of hydrogen-bond donors (Lipinski definition) is 0. The summed E-state index contributed by atoms with van der Waals surface area (Å²) in [4.78, 5) is 50.6. The first-order valence-electron chi connectivity index (χ1n) is 9.30. The fourth-order valence-corrected chi connectivity index (χ4v) is 3.73. The number of rotatable bonds is 5. The standard InChI is InChI=1S/C22H19NO6/c1-28-15-5-2-4-13(10-15)12-29-19-7-3-6-16-20(19)22(27)23(21(16)26)17-9-8-14(24)11-18(17)25/h2-7,10,17H,8-9,11-12H2,1H3. The lowest BCUT2D eigenvalue weighted by molar-refractivity contribution is -0.132. The van der Waals surface area contributed by atoms with Crippen LogP contribution in [-0.2, 0) is 16.2 Å². The molecule has 7 heteroatoms. The molecule has 2 amide bonds. The average Bonchev–Trinajstić information content (AvgIpc) is 2.98. The molecular formula is C22H19NO6. The number of amides is 2. The molecule has 0 saturated heterocycles. The molecule has 1 unspecified atom stereocenters. The molecule has 0 spiro atoms. The van der Waals surface area contributed by atoms with E-state index in [4.69, 9.17) is 9.47 Å². The quantitative estimate of drug-likeness (QED) is 0.573. The molecule has 1 fully saturated rings. The Balaban J connectivity index is 1.59. The van der Waals surface area contributed by atoms with Crippen molar-refractivity contribution in [2.45, 2.75) is 31.9 Å². The Labute approximate surface area is 167 Å². The summed E-state index contributed by atoms with van der Waals surface area (Å²) in [5.74, 6) is -0.666. The van der Waals surface area contributed by atoms with Gasteiger partial charge in [0.25, 0.3) is 11.8 Å². The fourth-order valence-electron chi connectivity index (χ4n) is 3.73. The van der Waals surface area contributed by atoms with E-state index in [1.807, 2.05) is 24.3 Å². The number of imide groups is 1. The van der Waals surface area contributed by atoms with E-state index in [0.717, 1.165) is 10.5 Å². The minimum Gasteiger partial charge on any atom is -0.497 e. The van der Waals surface area contributed by atoms with Crippen molar-refractivity contribution in [1.82, 2.24) is 4.90 Å². The van der Waals surface area contributed by atoms with Gasteiger partial charge in [0.1, 0.15) is 23.9 Å². The maximum absolute atomic E-state index is 13.0. The number of methoxy groups -OCH3 is 1. The second kappa shape index (κ2) is 7.50. The van der Waals surface area contributed by atoms with Gasteiger partial charge in [-0.3, -0.25) is 24.1 Å². The zero-order valence-electron chi connectivity index (χ0n) is 15.8. The van der Waals surface area contributed by atoms with Gasteiger partial charge >= 0.3 is 0 Å². The monoisotopic (exact) mass is 393 g/mol. The van der Waals surface area contributed by atoms with Gasteiger partial charge < -0.3 is 9.47 Å². The summed E-state index contributed by atoms with van der Waals surface area (Å²) in [6.45, 7) is 0.186. The molecule has 0 aromatic heterocycles. The van der Waals surface area contributed by atoms with Gasteiger partial charge in [-0.1, -0.05) is 18.2 Å². The molecule has 2 aromatic carbocycles. The molecular weight excluding hydrogens is 374 g/mol. The summed E-state index contributed by atoms with van der Waals surface area (Å²) in [5, 5.41) is 0. The van der Waals surface area contributed by atoms with Crippen molar-refractivity contribution in [3.8, 4) is 11.5 Å². The maximum Gasteiger partial charge on any atom is 0.266 e. The average molecular weight is 393 g/mol. The van der Waals surface area contributed by atoms with Crippen LogP contribution in [0.4, 0.5) is 0 Å². The van der Waals surface area contributed by atoms with Crippen molar-refractivity contribution in [3.63, 3.8) is 0 Å². The van der Waals surface area contributed by atoms with Crippen molar-refractivity contribution in [2.75, 3.05) is 7.11 Å². The van der Waals surface area contributed by atoms with Crippen LogP contribution in [0.5, 0.6) is 11.5 Å². The predicted molar refractivity (Wildman–Crippen MR) is 102 cm³/mol. The fraction of sp³-hybridized carbons (Fsp3) is 0.273. The van der Waals surface area contributed by atoms with Crippen LogP contribution in [0.2, 0.25) is 0 Å². The third-order valence-electron chi connectivity index (χ3n) is 5.19. The van der Waals surface area contributed by atoms with Gasteiger partial charge in [0.15, 0.2) is 5.78 Å². The van der Waals surface area contributed by atoms with Crippen molar-refractivity contribution in [1.29, 1.82) is 0 Å².